The lowest BCUT2D eigenvalue weighted by molar-refractivity contribution is -0.155. The molecule has 34 heavy (non-hydrogen) atoms. The molecule has 3 rings (SSSR count). The lowest BCUT2D eigenvalue weighted by Gasteiger charge is -2.38. The van der Waals surface area contributed by atoms with Crippen LogP contribution in [0.5, 0.6) is 23.0 Å². The van der Waals surface area contributed by atoms with Crippen LogP contribution in [0.25, 0.3) is 0 Å². The maximum Gasteiger partial charge on any atom is 0.307 e. The Morgan fingerprint density at radius 1 is 0.912 bits per heavy atom. The first-order valence-electron chi connectivity index (χ1n) is 11.6. The first kappa shape index (κ1) is 25.7. The Labute approximate surface area is 202 Å². The van der Waals surface area contributed by atoms with E-state index in [1.165, 1.54) is 11.1 Å². The number of ether oxygens (including phenoxy) is 5. The summed E-state index contributed by atoms with van der Waals surface area (Å²) >= 11 is 0. The van der Waals surface area contributed by atoms with E-state index in [1.807, 2.05) is 32.9 Å². The topological polar surface area (TPSA) is 66.5 Å². The van der Waals surface area contributed by atoms with Crippen LogP contribution in [0.3, 0.4) is 0 Å². The minimum absolute atomic E-state index is 0.0593. The quantitative estimate of drug-likeness (QED) is 0.496. The third-order valence-corrected chi connectivity index (χ3v) is 6.01. The van der Waals surface area contributed by atoms with Gasteiger partial charge in [-0.2, -0.15) is 0 Å². The zero-order valence-electron chi connectivity index (χ0n) is 21.4. The van der Waals surface area contributed by atoms with E-state index in [0.717, 1.165) is 30.7 Å². The maximum atomic E-state index is 12.4. The van der Waals surface area contributed by atoms with Gasteiger partial charge in [0.05, 0.1) is 34.9 Å². The third-order valence-electron chi connectivity index (χ3n) is 6.01. The molecule has 0 aromatic heterocycles. The summed E-state index contributed by atoms with van der Waals surface area (Å²) in [5.41, 5.74) is 3.04. The molecular formula is C27H37NO6. The molecule has 0 radical (unpaired) electrons. The van der Waals surface area contributed by atoms with E-state index in [-0.39, 0.29) is 12.0 Å². The lowest BCUT2D eigenvalue weighted by Crippen LogP contribution is -2.38. The van der Waals surface area contributed by atoms with Crippen molar-refractivity contribution in [3.8, 4) is 23.0 Å². The van der Waals surface area contributed by atoms with Gasteiger partial charge in [0.2, 0.25) is 0 Å². The van der Waals surface area contributed by atoms with Crippen molar-refractivity contribution in [3.05, 3.63) is 47.0 Å². The summed E-state index contributed by atoms with van der Waals surface area (Å²) in [4.78, 5) is 14.8. The third kappa shape index (κ3) is 6.14. The molecule has 1 aliphatic rings. The zero-order chi connectivity index (χ0) is 24.9. The molecule has 1 atom stereocenters. The second-order valence-corrected chi connectivity index (χ2v) is 9.44. The Balaban J connectivity index is 1.93. The monoisotopic (exact) mass is 471 g/mol. The molecule has 0 saturated heterocycles. The van der Waals surface area contributed by atoms with Gasteiger partial charge in [-0.15, -0.1) is 0 Å². The van der Waals surface area contributed by atoms with Gasteiger partial charge in [-0.1, -0.05) is 6.07 Å². The van der Waals surface area contributed by atoms with Crippen LogP contribution < -0.4 is 18.9 Å². The normalized spacial score (nSPS) is 15.9. The Morgan fingerprint density at radius 3 is 2.15 bits per heavy atom. The van der Waals surface area contributed by atoms with Crippen LogP contribution >= 0.6 is 0 Å². The summed E-state index contributed by atoms with van der Waals surface area (Å²) in [6, 6.07) is 10.2. The molecule has 7 nitrogen and oxygen atoms in total. The van der Waals surface area contributed by atoms with Gasteiger partial charge in [-0.3, -0.25) is 9.69 Å². The minimum Gasteiger partial charge on any atom is -0.493 e. The van der Waals surface area contributed by atoms with Gasteiger partial charge in [-0.25, -0.2) is 0 Å². The van der Waals surface area contributed by atoms with Crippen molar-refractivity contribution in [1.29, 1.82) is 0 Å². The molecule has 1 aliphatic heterocycles. The van der Waals surface area contributed by atoms with Gasteiger partial charge in [0.15, 0.2) is 23.0 Å². The van der Waals surface area contributed by atoms with Gasteiger partial charge < -0.3 is 23.7 Å². The fraction of sp³-hybridized carbons (Fsp3) is 0.519. The Hall–Kier alpha value is -2.93. The highest BCUT2D eigenvalue weighted by molar-refractivity contribution is 5.70. The summed E-state index contributed by atoms with van der Waals surface area (Å²) < 4.78 is 27.6. The molecule has 2 aromatic rings. The number of carbonyl (C=O) groups is 1. The largest absolute Gasteiger partial charge is 0.493 e. The van der Waals surface area contributed by atoms with Gasteiger partial charge in [0.1, 0.15) is 5.60 Å². The van der Waals surface area contributed by atoms with E-state index >= 15 is 0 Å². The molecule has 0 aliphatic carbocycles. The van der Waals surface area contributed by atoms with Crippen molar-refractivity contribution in [3.63, 3.8) is 0 Å². The van der Waals surface area contributed by atoms with Crippen molar-refractivity contribution < 1.29 is 28.5 Å². The van der Waals surface area contributed by atoms with Crippen molar-refractivity contribution in [2.75, 3.05) is 41.5 Å². The Morgan fingerprint density at radius 2 is 1.53 bits per heavy atom. The van der Waals surface area contributed by atoms with Crippen LogP contribution in [0, 0.1) is 0 Å². The van der Waals surface area contributed by atoms with Crippen LogP contribution in [0.2, 0.25) is 0 Å². The van der Waals surface area contributed by atoms with E-state index < -0.39 is 5.60 Å². The van der Waals surface area contributed by atoms with E-state index in [4.69, 9.17) is 23.7 Å². The first-order valence-corrected chi connectivity index (χ1v) is 11.6. The maximum absolute atomic E-state index is 12.4. The smallest absolute Gasteiger partial charge is 0.307 e. The van der Waals surface area contributed by atoms with E-state index in [1.54, 1.807) is 28.4 Å². The van der Waals surface area contributed by atoms with E-state index in [9.17, 15) is 4.79 Å². The number of methoxy groups -OCH3 is 4. The number of esters is 1. The van der Waals surface area contributed by atoms with Crippen molar-refractivity contribution in [2.45, 2.75) is 51.7 Å². The molecule has 1 heterocycles. The Kier molecular flexibility index (Phi) is 8.31. The number of rotatable bonds is 9. The summed E-state index contributed by atoms with van der Waals surface area (Å²) in [7, 11) is 6.58. The fourth-order valence-corrected chi connectivity index (χ4v) is 4.45. The van der Waals surface area contributed by atoms with Crippen LogP contribution in [-0.4, -0.2) is 58.0 Å². The van der Waals surface area contributed by atoms with Crippen molar-refractivity contribution in [1.82, 2.24) is 4.90 Å². The molecule has 0 N–H and O–H groups in total. The van der Waals surface area contributed by atoms with Crippen LogP contribution in [-0.2, 0) is 22.4 Å². The summed E-state index contributed by atoms with van der Waals surface area (Å²) in [6.45, 7) is 7.12. The van der Waals surface area contributed by atoms with Crippen molar-refractivity contribution >= 4 is 5.97 Å². The molecule has 0 saturated carbocycles. The molecule has 0 spiro atoms. The zero-order valence-corrected chi connectivity index (χ0v) is 21.4. The molecule has 0 unspecified atom stereocenters. The number of nitrogens with zero attached hydrogens (tertiary/aromatic N) is 1. The first-order chi connectivity index (χ1) is 16.2. The second-order valence-electron chi connectivity index (χ2n) is 9.44. The molecule has 186 valence electrons. The molecule has 7 heteroatoms. The van der Waals surface area contributed by atoms with Gasteiger partial charge in [-0.05, 0) is 74.6 Å². The highest BCUT2D eigenvalue weighted by atomic mass is 16.6. The number of benzene rings is 2. The summed E-state index contributed by atoms with van der Waals surface area (Å²) in [5.74, 6) is 2.64. The fourth-order valence-electron chi connectivity index (χ4n) is 4.45. The minimum atomic E-state index is -0.492. The lowest BCUT2D eigenvalue weighted by atomic mass is 9.88. The van der Waals surface area contributed by atoms with Gasteiger partial charge in [0, 0.05) is 19.1 Å². The number of carbonyl (C=O) groups excluding carboxylic acids is 1. The highest BCUT2D eigenvalue weighted by Gasteiger charge is 2.30. The molecular weight excluding hydrogens is 434 g/mol. The van der Waals surface area contributed by atoms with Crippen LogP contribution in [0.1, 0.15) is 49.9 Å². The number of hydrogen-bond donors (Lipinski definition) is 0. The highest BCUT2D eigenvalue weighted by Crippen LogP contribution is 2.40. The molecule has 0 bridgehead atoms. The number of hydrogen-bond acceptors (Lipinski definition) is 7. The average molecular weight is 472 g/mol. The molecule has 2 aromatic carbocycles. The van der Waals surface area contributed by atoms with Gasteiger partial charge >= 0.3 is 5.97 Å². The van der Waals surface area contributed by atoms with Crippen molar-refractivity contribution in [2.24, 2.45) is 0 Å². The molecule has 0 fully saturated rings. The van der Waals surface area contributed by atoms with Crippen LogP contribution in [0.4, 0.5) is 0 Å². The van der Waals surface area contributed by atoms with E-state index in [2.05, 4.69) is 23.1 Å². The second kappa shape index (κ2) is 11.0. The standard InChI is InChI=1S/C27H37NO6/c1-27(2,3)34-26(29)11-13-28-12-10-19-16-24(32-6)25(33-7)17-20(19)21(28)14-18-8-9-22(30-4)23(15-18)31-5/h8-9,15-17,21H,10-14H2,1-7H3/t21-/m1/s1. The van der Waals surface area contributed by atoms with Crippen LogP contribution in [0.15, 0.2) is 30.3 Å². The predicted molar refractivity (Wildman–Crippen MR) is 131 cm³/mol. The number of fused-ring (bicyclic) bond motifs is 1. The predicted octanol–water partition coefficient (Wildman–Crippen LogP) is 4.59. The Bertz CT molecular complexity index is 997. The summed E-state index contributed by atoms with van der Waals surface area (Å²) in [6.07, 6.45) is 1.95. The van der Waals surface area contributed by atoms with Gasteiger partial charge in [0.25, 0.3) is 0 Å². The molecule has 0 amide bonds. The SMILES string of the molecule is COc1ccc(C[C@@H]2c3cc(OC)c(OC)cc3CCN2CCC(=O)OC(C)(C)C)cc1OC. The summed E-state index contributed by atoms with van der Waals surface area (Å²) in [5, 5.41) is 0. The average Bonchev–Trinajstić information content (AvgIpc) is 2.81. The van der Waals surface area contributed by atoms with E-state index in [0.29, 0.717) is 30.2 Å².